The Morgan fingerprint density at radius 1 is 1.42 bits per heavy atom. The number of hydrogen-bond donors (Lipinski definition) is 1. The number of rotatable bonds is 2. The Morgan fingerprint density at radius 3 is 2.08 bits per heavy atom. The highest BCUT2D eigenvalue weighted by Crippen LogP contribution is 2.10. The molecule has 0 unspecified atom stereocenters. The van der Waals surface area contributed by atoms with Gasteiger partial charge in [0.1, 0.15) is 5.60 Å². The molecule has 0 heterocycles. The van der Waals surface area contributed by atoms with Gasteiger partial charge in [-0.15, -0.1) is 0 Å². The molecular formula is C7H13F2NO2. The van der Waals surface area contributed by atoms with E-state index in [1.807, 2.05) is 0 Å². The Bertz CT molecular complexity index is 165. The van der Waals surface area contributed by atoms with Crippen molar-refractivity contribution in [3.63, 3.8) is 0 Å². The number of alkyl halides is 2. The van der Waals surface area contributed by atoms with Crippen molar-refractivity contribution in [3.05, 3.63) is 0 Å². The molecule has 0 amide bonds. The monoisotopic (exact) mass is 181 g/mol. The summed E-state index contributed by atoms with van der Waals surface area (Å²) in [6, 6.07) is -1.84. The van der Waals surface area contributed by atoms with Crippen molar-refractivity contribution in [3.8, 4) is 0 Å². The Labute approximate surface area is 69.9 Å². The topological polar surface area (TPSA) is 52.3 Å². The molecule has 0 saturated heterocycles. The highest BCUT2D eigenvalue weighted by molar-refractivity contribution is 5.76. The summed E-state index contributed by atoms with van der Waals surface area (Å²) in [6.45, 7) is 4.76. The molecule has 0 rings (SSSR count). The van der Waals surface area contributed by atoms with Crippen LogP contribution < -0.4 is 5.73 Å². The third kappa shape index (κ3) is 4.23. The fourth-order valence-corrected chi connectivity index (χ4v) is 0.473. The minimum Gasteiger partial charge on any atom is -0.459 e. The summed E-state index contributed by atoms with van der Waals surface area (Å²) in [4.78, 5) is 10.8. The van der Waals surface area contributed by atoms with Crippen molar-refractivity contribution in [1.29, 1.82) is 0 Å². The average molecular weight is 181 g/mol. The first-order chi connectivity index (χ1) is 5.24. The maximum Gasteiger partial charge on any atom is 0.329 e. The standard InChI is InChI=1S/C7H13F2NO2/c1-7(2,3)12-6(11)4(10)5(8)9/h4-5H,10H2,1-3H3/t4-/m1/s1. The van der Waals surface area contributed by atoms with E-state index in [4.69, 9.17) is 5.73 Å². The molecule has 0 saturated carbocycles. The second kappa shape index (κ2) is 3.80. The van der Waals surface area contributed by atoms with Gasteiger partial charge in [-0.1, -0.05) is 0 Å². The highest BCUT2D eigenvalue weighted by atomic mass is 19.3. The van der Waals surface area contributed by atoms with Crippen molar-refractivity contribution in [2.24, 2.45) is 5.73 Å². The third-order valence-electron chi connectivity index (χ3n) is 0.950. The smallest absolute Gasteiger partial charge is 0.329 e. The highest BCUT2D eigenvalue weighted by Gasteiger charge is 2.28. The zero-order valence-corrected chi connectivity index (χ0v) is 7.30. The molecule has 2 N–H and O–H groups in total. The zero-order chi connectivity index (χ0) is 9.94. The van der Waals surface area contributed by atoms with Gasteiger partial charge in [0.2, 0.25) is 0 Å². The lowest BCUT2D eigenvalue weighted by Gasteiger charge is -2.21. The van der Waals surface area contributed by atoms with E-state index in [1.54, 1.807) is 20.8 Å². The van der Waals surface area contributed by atoms with Gasteiger partial charge in [0.15, 0.2) is 6.04 Å². The predicted octanol–water partition coefficient (Wildman–Crippen LogP) is 0.921. The number of nitrogens with two attached hydrogens (primary N) is 1. The van der Waals surface area contributed by atoms with Crippen molar-refractivity contribution >= 4 is 5.97 Å². The minimum absolute atomic E-state index is 0.774. The van der Waals surface area contributed by atoms with Crippen LogP contribution in [0.25, 0.3) is 0 Å². The zero-order valence-electron chi connectivity index (χ0n) is 7.30. The molecule has 0 spiro atoms. The van der Waals surface area contributed by atoms with Crippen molar-refractivity contribution in [2.75, 3.05) is 0 Å². The van der Waals surface area contributed by atoms with Gasteiger partial charge in [-0.3, -0.25) is 4.79 Å². The van der Waals surface area contributed by atoms with Crippen molar-refractivity contribution in [1.82, 2.24) is 0 Å². The normalized spacial score (nSPS) is 14.6. The number of esters is 1. The summed E-state index contributed by atoms with van der Waals surface area (Å²) in [5, 5.41) is 0. The summed E-state index contributed by atoms with van der Waals surface area (Å²) in [5.41, 5.74) is 4.07. The van der Waals surface area contributed by atoms with Gasteiger partial charge in [-0.25, -0.2) is 8.78 Å². The summed E-state index contributed by atoms with van der Waals surface area (Å²) in [5.74, 6) is -1.07. The quantitative estimate of drug-likeness (QED) is 0.644. The SMILES string of the molecule is CC(C)(C)OC(=O)[C@H](N)C(F)F. The number of halogens is 2. The van der Waals surface area contributed by atoms with E-state index in [2.05, 4.69) is 4.74 Å². The van der Waals surface area contributed by atoms with Crippen LogP contribution in [0.15, 0.2) is 0 Å². The Morgan fingerprint density at radius 2 is 1.83 bits per heavy atom. The molecule has 0 aromatic heterocycles. The lowest BCUT2D eigenvalue weighted by molar-refractivity contribution is -0.160. The van der Waals surface area contributed by atoms with E-state index in [0.717, 1.165) is 0 Å². The van der Waals surface area contributed by atoms with E-state index in [1.165, 1.54) is 0 Å². The molecule has 0 aliphatic carbocycles. The van der Waals surface area contributed by atoms with Crippen LogP contribution in [0.2, 0.25) is 0 Å². The summed E-state index contributed by atoms with van der Waals surface area (Å²) in [6.07, 6.45) is -2.88. The van der Waals surface area contributed by atoms with Gasteiger partial charge in [0.25, 0.3) is 6.43 Å². The van der Waals surface area contributed by atoms with Crippen LogP contribution in [0.5, 0.6) is 0 Å². The molecule has 3 nitrogen and oxygen atoms in total. The summed E-state index contributed by atoms with van der Waals surface area (Å²) >= 11 is 0. The van der Waals surface area contributed by atoms with E-state index >= 15 is 0 Å². The molecule has 0 aromatic carbocycles. The van der Waals surface area contributed by atoms with Gasteiger partial charge in [0, 0.05) is 0 Å². The first-order valence-electron chi connectivity index (χ1n) is 3.50. The van der Waals surface area contributed by atoms with Crippen LogP contribution in [0.3, 0.4) is 0 Å². The summed E-state index contributed by atoms with van der Waals surface area (Å²) < 4.78 is 28.3. The molecule has 0 fully saturated rings. The van der Waals surface area contributed by atoms with Crippen molar-refractivity contribution in [2.45, 2.75) is 38.8 Å². The Hall–Kier alpha value is -0.710. The number of ether oxygens (including phenoxy) is 1. The molecular weight excluding hydrogens is 168 g/mol. The molecule has 0 aromatic rings. The van der Waals surface area contributed by atoms with Crippen LogP contribution in [0.1, 0.15) is 20.8 Å². The molecule has 1 atom stereocenters. The maximum atomic E-state index is 11.8. The molecule has 5 heteroatoms. The average Bonchev–Trinajstić information content (AvgIpc) is 1.82. The number of carbonyl (C=O) groups is 1. The number of hydrogen-bond acceptors (Lipinski definition) is 3. The maximum absolute atomic E-state index is 11.8. The fraction of sp³-hybridized carbons (Fsp3) is 0.857. The van der Waals surface area contributed by atoms with E-state index < -0.39 is 24.0 Å². The summed E-state index contributed by atoms with van der Waals surface area (Å²) in [7, 11) is 0. The van der Waals surface area contributed by atoms with Gasteiger partial charge < -0.3 is 10.5 Å². The van der Waals surface area contributed by atoms with Crippen LogP contribution in [-0.2, 0) is 9.53 Å². The molecule has 0 bridgehead atoms. The first kappa shape index (κ1) is 11.3. The van der Waals surface area contributed by atoms with Crippen LogP contribution in [0, 0.1) is 0 Å². The van der Waals surface area contributed by atoms with E-state index in [9.17, 15) is 13.6 Å². The van der Waals surface area contributed by atoms with Gasteiger partial charge >= 0.3 is 5.97 Å². The molecule has 0 aliphatic rings. The molecule has 0 radical (unpaired) electrons. The van der Waals surface area contributed by atoms with Gasteiger partial charge in [0.05, 0.1) is 0 Å². The molecule has 72 valence electrons. The van der Waals surface area contributed by atoms with Crippen LogP contribution in [0.4, 0.5) is 8.78 Å². The van der Waals surface area contributed by atoms with Gasteiger partial charge in [-0.05, 0) is 20.8 Å². The lowest BCUT2D eigenvalue weighted by Crippen LogP contribution is -2.42. The fourth-order valence-electron chi connectivity index (χ4n) is 0.473. The van der Waals surface area contributed by atoms with E-state index in [-0.39, 0.29) is 0 Å². The molecule has 0 aliphatic heterocycles. The largest absolute Gasteiger partial charge is 0.459 e. The van der Waals surface area contributed by atoms with Gasteiger partial charge in [-0.2, -0.15) is 0 Å². The predicted molar refractivity (Wildman–Crippen MR) is 39.8 cm³/mol. The van der Waals surface area contributed by atoms with Crippen molar-refractivity contribution < 1.29 is 18.3 Å². The third-order valence-corrected chi connectivity index (χ3v) is 0.950. The first-order valence-corrected chi connectivity index (χ1v) is 3.50. The second-order valence-electron chi connectivity index (χ2n) is 3.39. The Balaban J connectivity index is 4.05. The Kier molecular flexibility index (Phi) is 3.57. The van der Waals surface area contributed by atoms with Crippen LogP contribution >= 0.6 is 0 Å². The molecule has 12 heavy (non-hydrogen) atoms. The lowest BCUT2D eigenvalue weighted by atomic mass is 10.2. The number of carbonyl (C=O) groups excluding carboxylic acids is 1. The van der Waals surface area contributed by atoms with E-state index in [0.29, 0.717) is 0 Å². The van der Waals surface area contributed by atoms with Crippen LogP contribution in [-0.4, -0.2) is 24.0 Å². The second-order valence-corrected chi connectivity index (χ2v) is 3.39. The minimum atomic E-state index is -2.88.